The minimum Gasteiger partial charge on any atom is -0.497 e. The van der Waals surface area contributed by atoms with Crippen LogP contribution in [0.2, 0.25) is 0 Å². The molecule has 1 saturated heterocycles. The lowest BCUT2D eigenvalue weighted by atomic mass is 10.0. The van der Waals surface area contributed by atoms with E-state index in [2.05, 4.69) is 41.4 Å². The monoisotopic (exact) mass is 368 g/mol. The lowest BCUT2D eigenvalue weighted by Crippen LogP contribution is -2.36. The van der Waals surface area contributed by atoms with Gasteiger partial charge in [0, 0.05) is 24.2 Å². The summed E-state index contributed by atoms with van der Waals surface area (Å²) < 4.78 is 10.9. The number of hydrogen-bond donors (Lipinski definition) is 1. The van der Waals surface area contributed by atoms with E-state index in [9.17, 15) is 4.79 Å². The zero-order valence-electron chi connectivity index (χ0n) is 16.3. The summed E-state index contributed by atoms with van der Waals surface area (Å²) in [6.07, 6.45) is 2.10. The molecule has 1 atom stereocenters. The van der Waals surface area contributed by atoms with Crippen molar-refractivity contribution in [3.8, 4) is 11.5 Å². The van der Waals surface area contributed by atoms with Gasteiger partial charge < -0.3 is 14.8 Å². The number of benzene rings is 2. The summed E-state index contributed by atoms with van der Waals surface area (Å²) in [4.78, 5) is 14.7. The minimum atomic E-state index is 0.0509. The Morgan fingerprint density at radius 3 is 2.63 bits per heavy atom. The van der Waals surface area contributed by atoms with E-state index in [-0.39, 0.29) is 11.9 Å². The van der Waals surface area contributed by atoms with Crippen molar-refractivity contribution < 1.29 is 14.3 Å². The summed E-state index contributed by atoms with van der Waals surface area (Å²) in [5.41, 5.74) is 3.45. The predicted octanol–water partition coefficient (Wildman–Crippen LogP) is 3.47. The first-order chi connectivity index (χ1) is 13.1. The molecule has 5 nitrogen and oxygen atoms in total. The maximum atomic E-state index is 12.5. The first kappa shape index (κ1) is 19.2. The van der Waals surface area contributed by atoms with Crippen molar-refractivity contribution in [1.29, 1.82) is 0 Å². The molecule has 0 aliphatic carbocycles. The Bertz CT molecular complexity index is 774. The average molecular weight is 368 g/mol. The first-order valence-electron chi connectivity index (χ1n) is 9.39. The molecule has 1 fully saturated rings. The smallest absolute Gasteiger partial charge is 0.234 e. The van der Waals surface area contributed by atoms with Gasteiger partial charge in [0.25, 0.3) is 0 Å². The lowest BCUT2D eigenvalue weighted by molar-refractivity contribution is -0.122. The van der Waals surface area contributed by atoms with Crippen LogP contribution in [0.4, 0.5) is 0 Å². The third-order valence-corrected chi connectivity index (χ3v) is 5.12. The van der Waals surface area contributed by atoms with Crippen LogP contribution < -0.4 is 14.8 Å². The fourth-order valence-electron chi connectivity index (χ4n) is 3.61. The number of hydrogen-bond acceptors (Lipinski definition) is 4. The summed E-state index contributed by atoms with van der Waals surface area (Å²) in [7, 11) is 3.32. The third kappa shape index (κ3) is 4.80. The highest BCUT2D eigenvalue weighted by Gasteiger charge is 2.29. The van der Waals surface area contributed by atoms with Crippen molar-refractivity contribution in [2.45, 2.75) is 32.4 Å². The molecule has 0 radical (unpaired) electrons. The molecule has 1 aliphatic heterocycles. The first-order valence-corrected chi connectivity index (χ1v) is 9.39. The summed E-state index contributed by atoms with van der Waals surface area (Å²) in [6.45, 7) is 3.93. The molecule has 1 unspecified atom stereocenters. The van der Waals surface area contributed by atoms with Gasteiger partial charge >= 0.3 is 0 Å². The van der Waals surface area contributed by atoms with Crippen LogP contribution in [0.15, 0.2) is 42.5 Å². The zero-order chi connectivity index (χ0) is 19.2. The van der Waals surface area contributed by atoms with E-state index < -0.39 is 0 Å². The Morgan fingerprint density at radius 1 is 1.15 bits per heavy atom. The largest absolute Gasteiger partial charge is 0.497 e. The van der Waals surface area contributed by atoms with Crippen molar-refractivity contribution in [3.63, 3.8) is 0 Å². The molecule has 27 heavy (non-hydrogen) atoms. The summed E-state index contributed by atoms with van der Waals surface area (Å²) in [6, 6.07) is 14.3. The number of amides is 1. The van der Waals surface area contributed by atoms with Crippen LogP contribution in [-0.4, -0.2) is 38.1 Å². The number of carbonyl (C=O) groups is 1. The lowest BCUT2D eigenvalue weighted by Gasteiger charge is -2.26. The van der Waals surface area contributed by atoms with Gasteiger partial charge in [-0.25, -0.2) is 0 Å². The molecule has 1 amide bonds. The molecule has 0 saturated carbocycles. The SMILES string of the molecule is COc1ccc(C2CCCN2CC(=O)NCc2ccc(C)cc2)c(OC)c1. The summed E-state index contributed by atoms with van der Waals surface area (Å²) in [5.74, 6) is 1.64. The topological polar surface area (TPSA) is 50.8 Å². The molecule has 0 spiro atoms. The van der Waals surface area contributed by atoms with Crippen LogP contribution in [0.1, 0.15) is 35.6 Å². The van der Waals surface area contributed by atoms with Crippen LogP contribution in [-0.2, 0) is 11.3 Å². The molecule has 1 N–H and O–H groups in total. The van der Waals surface area contributed by atoms with Gasteiger partial charge in [-0.15, -0.1) is 0 Å². The number of likely N-dealkylation sites (tertiary alicyclic amines) is 1. The fraction of sp³-hybridized carbons (Fsp3) is 0.409. The highest BCUT2D eigenvalue weighted by Crippen LogP contribution is 2.38. The molecular formula is C22H28N2O3. The number of carbonyl (C=O) groups excluding carboxylic acids is 1. The van der Waals surface area contributed by atoms with Gasteiger partial charge in [-0.2, -0.15) is 0 Å². The van der Waals surface area contributed by atoms with Gasteiger partial charge in [-0.05, 0) is 37.9 Å². The van der Waals surface area contributed by atoms with E-state index >= 15 is 0 Å². The Hall–Kier alpha value is -2.53. The normalized spacial score (nSPS) is 16.9. The van der Waals surface area contributed by atoms with Gasteiger partial charge in [0.15, 0.2) is 0 Å². The molecule has 1 aliphatic rings. The van der Waals surface area contributed by atoms with Gasteiger partial charge in [0.05, 0.1) is 20.8 Å². The highest BCUT2D eigenvalue weighted by molar-refractivity contribution is 5.78. The van der Waals surface area contributed by atoms with Crippen molar-refractivity contribution in [3.05, 3.63) is 59.2 Å². The maximum Gasteiger partial charge on any atom is 0.234 e. The summed E-state index contributed by atoms with van der Waals surface area (Å²) >= 11 is 0. The molecule has 0 bridgehead atoms. The molecule has 2 aromatic rings. The van der Waals surface area contributed by atoms with E-state index in [1.165, 1.54) is 5.56 Å². The minimum absolute atomic E-state index is 0.0509. The predicted molar refractivity (Wildman–Crippen MR) is 106 cm³/mol. The Labute approximate surface area is 161 Å². The van der Waals surface area contributed by atoms with E-state index in [1.807, 2.05) is 18.2 Å². The average Bonchev–Trinajstić information content (AvgIpc) is 3.14. The molecule has 144 valence electrons. The molecule has 1 heterocycles. The number of nitrogens with zero attached hydrogens (tertiary/aromatic N) is 1. The van der Waals surface area contributed by atoms with Gasteiger partial charge in [-0.3, -0.25) is 9.69 Å². The van der Waals surface area contributed by atoms with Crippen LogP contribution in [0.5, 0.6) is 11.5 Å². The molecule has 2 aromatic carbocycles. The van der Waals surface area contributed by atoms with Crippen molar-refractivity contribution in [2.24, 2.45) is 0 Å². The zero-order valence-corrected chi connectivity index (χ0v) is 16.3. The second-order valence-corrected chi connectivity index (χ2v) is 7.00. The van der Waals surface area contributed by atoms with E-state index in [0.29, 0.717) is 13.1 Å². The standard InChI is InChI=1S/C22H28N2O3/c1-16-6-8-17(9-7-16)14-23-22(25)15-24-12-4-5-20(24)19-11-10-18(26-2)13-21(19)27-3/h6-11,13,20H,4-5,12,14-15H2,1-3H3,(H,23,25). The van der Waals surface area contributed by atoms with Gasteiger partial charge in [0.2, 0.25) is 5.91 Å². The van der Waals surface area contributed by atoms with Gasteiger partial charge in [0.1, 0.15) is 11.5 Å². The Morgan fingerprint density at radius 2 is 1.93 bits per heavy atom. The number of rotatable bonds is 7. The number of nitrogens with one attached hydrogen (secondary N) is 1. The van der Waals surface area contributed by atoms with Crippen molar-refractivity contribution >= 4 is 5.91 Å². The molecular weight excluding hydrogens is 340 g/mol. The number of ether oxygens (including phenoxy) is 2. The van der Waals surface area contributed by atoms with E-state index in [4.69, 9.17) is 9.47 Å². The van der Waals surface area contributed by atoms with E-state index in [1.54, 1.807) is 14.2 Å². The number of aryl methyl sites for hydroxylation is 1. The Balaban J connectivity index is 1.62. The Kier molecular flexibility index (Phi) is 6.35. The van der Waals surface area contributed by atoms with Crippen molar-refractivity contribution in [2.75, 3.05) is 27.3 Å². The third-order valence-electron chi connectivity index (χ3n) is 5.12. The van der Waals surface area contributed by atoms with Gasteiger partial charge in [-0.1, -0.05) is 35.9 Å². The van der Waals surface area contributed by atoms with Crippen LogP contribution in [0.25, 0.3) is 0 Å². The summed E-state index contributed by atoms with van der Waals surface area (Å²) in [5, 5.41) is 3.03. The quantitative estimate of drug-likeness (QED) is 0.813. The molecule has 5 heteroatoms. The fourth-order valence-corrected chi connectivity index (χ4v) is 3.61. The highest BCUT2D eigenvalue weighted by atomic mass is 16.5. The second-order valence-electron chi connectivity index (χ2n) is 7.00. The van der Waals surface area contributed by atoms with E-state index in [0.717, 1.165) is 42.0 Å². The van der Waals surface area contributed by atoms with Crippen molar-refractivity contribution in [1.82, 2.24) is 10.2 Å². The number of methoxy groups -OCH3 is 2. The second kappa shape index (κ2) is 8.91. The molecule has 0 aromatic heterocycles. The van der Waals surface area contributed by atoms with Crippen LogP contribution in [0, 0.1) is 6.92 Å². The van der Waals surface area contributed by atoms with Crippen LogP contribution >= 0.6 is 0 Å². The molecule has 3 rings (SSSR count). The maximum absolute atomic E-state index is 12.5. The van der Waals surface area contributed by atoms with Crippen LogP contribution in [0.3, 0.4) is 0 Å².